The van der Waals surface area contributed by atoms with E-state index >= 15 is 0 Å². The van der Waals surface area contributed by atoms with Gasteiger partial charge in [0.1, 0.15) is 0 Å². The molecule has 2 N–H and O–H groups in total. The molecule has 0 unspecified atom stereocenters. The average molecular weight is 278 g/mol. The summed E-state index contributed by atoms with van der Waals surface area (Å²) in [4.78, 5) is 0.432. The Bertz CT molecular complexity index is 437. The zero-order valence-electron chi connectivity index (χ0n) is 10.3. The Morgan fingerprint density at radius 2 is 1.59 bits per heavy atom. The molecular weight excluding hydrogens is 258 g/mol. The number of hydrogen-bond donors (Lipinski definition) is 1. The van der Waals surface area contributed by atoms with Crippen molar-refractivity contribution in [2.24, 2.45) is 5.73 Å². The van der Waals surface area contributed by atoms with Crippen LogP contribution >= 0.6 is 12.4 Å². The molecule has 0 atom stereocenters. The first-order valence-corrected chi connectivity index (χ1v) is 7.12. The molecule has 0 saturated heterocycles. The van der Waals surface area contributed by atoms with Gasteiger partial charge in [-0.3, -0.25) is 0 Å². The van der Waals surface area contributed by atoms with E-state index < -0.39 is 9.84 Å². The number of halogens is 1. The van der Waals surface area contributed by atoms with Crippen molar-refractivity contribution in [2.75, 3.05) is 12.3 Å². The van der Waals surface area contributed by atoms with Crippen molar-refractivity contribution in [3.05, 3.63) is 29.3 Å². The van der Waals surface area contributed by atoms with Crippen molar-refractivity contribution in [3.63, 3.8) is 0 Å². The third-order valence-corrected chi connectivity index (χ3v) is 4.20. The van der Waals surface area contributed by atoms with Crippen LogP contribution in [0.25, 0.3) is 0 Å². The minimum absolute atomic E-state index is 0. The van der Waals surface area contributed by atoms with E-state index in [-0.39, 0.29) is 18.2 Å². The van der Waals surface area contributed by atoms with Gasteiger partial charge in [-0.25, -0.2) is 8.42 Å². The molecule has 0 aliphatic carbocycles. The van der Waals surface area contributed by atoms with Gasteiger partial charge in [0.05, 0.1) is 10.6 Å². The molecule has 0 radical (unpaired) electrons. The van der Waals surface area contributed by atoms with Crippen LogP contribution in [0.1, 0.15) is 24.0 Å². The van der Waals surface area contributed by atoms with Gasteiger partial charge in [0.15, 0.2) is 9.84 Å². The highest BCUT2D eigenvalue weighted by Gasteiger charge is 2.14. The first kappa shape index (κ1) is 16.4. The van der Waals surface area contributed by atoms with Crippen LogP contribution in [0.15, 0.2) is 23.1 Å². The monoisotopic (exact) mass is 277 g/mol. The summed E-state index contributed by atoms with van der Waals surface area (Å²) < 4.78 is 23.9. The number of rotatable bonds is 5. The Kier molecular flexibility index (Phi) is 6.75. The quantitative estimate of drug-likeness (QED) is 0.840. The van der Waals surface area contributed by atoms with Gasteiger partial charge in [-0.1, -0.05) is 6.07 Å². The number of aryl methyl sites for hydroxylation is 2. The van der Waals surface area contributed by atoms with Gasteiger partial charge in [0.2, 0.25) is 0 Å². The smallest absolute Gasteiger partial charge is 0.178 e. The van der Waals surface area contributed by atoms with Gasteiger partial charge in [0, 0.05) is 0 Å². The van der Waals surface area contributed by atoms with Gasteiger partial charge in [-0.15, -0.1) is 12.4 Å². The zero-order valence-corrected chi connectivity index (χ0v) is 11.9. The van der Waals surface area contributed by atoms with Crippen molar-refractivity contribution in [3.8, 4) is 0 Å². The third kappa shape index (κ3) is 5.06. The molecule has 0 saturated carbocycles. The SMILES string of the molecule is Cc1cc(C)cc(S(=O)(=O)CCCCN)c1.Cl. The summed E-state index contributed by atoms with van der Waals surface area (Å²) in [6.45, 7) is 4.36. The van der Waals surface area contributed by atoms with Crippen LogP contribution in [0.2, 0.25) is 0 Å². The maximum Gasteiger partial charge on any atom is 0.178 e. The van der Waals surface area contributed by atoms with Crippen LogP contribution in [0, 0.1) is 13.8 Å². The average Bonchev–Trinajstić information content (AvgIpc) is 2.16. The zero-order chi connectivity index (χ0) is 12.2. The lowest BCUT2D eigenvalue weighted by atomic mass is 10.2. The molecule has 1 rings (SSSR count). The van der Waals surface area contributed by atoms with E-state index in [2.05, 4.69) is 0 Å². The molecule has 0 amide bonds. The summed E-state index contributed by atoms with van der Waals surface area (Å²) in [5, 5.41) is 0. The summed E-state index contributed by atoms with van der Waals surface area (Å²) in [5.41, 5.74) is 7.32. The summed E-state index contributed by atoms with van der Waals surface area (Å²) in [7, 11) is -3.13. The molecule has 1 aromatic rings. The fourth-order valence-corrected chi connectivity index (χ4v) is 3.22. The number of sulfone groups is 1. The van der Waals surface area contributed by atoms with E-state index in [4.69, 9.17) is 5.73 Å². The van der Waals surface area contributed by atoms with E-state index in [9.17, 15) is 8.42 Å². The number of unbranched alkanes of at least 4 members (excludes halogenated alkanes) is 1. The number of benzene rings is 1. The Balaban J connectivity index is 0.00000256. The predicted octanol–water partition coefficient (Wildman–Crippen LogP) is 2.24. The second-order valence-electron chi connectivity index (χ2n) is 4.14. The second-order valence-corrected chi connectivity index (χ2v) is 6.25. The Morgan fingerprint density at radius 3 is 2.06 bits per heavy atom. The second kappa shape index (κ2) is 6.99. The molecule has 5 heteroatoms. The van der Waals surface area contributed by atoms with Gasteiger partial charge in [-0.2, -0.15) is 0 Å². The minimum Gasteiger partial charge on any atom is -0.330 e. The Morgan fingerprint density at radius 1 is 1.06 bits per heavy atom. The Labute approximate surface area is 110 Å². The molecular formula is C12H20ClNO2S. The van der Waals surface area contributed by atoms with E-state index in [1.54, 1.807) is 12.1 Å². The third-order valence-electron chi connectivity index (χ3n) is 2.42. The van der Waals surface area contributed by atoms with Crippen LogP contribution < -0.4 is 5.73 Å². The molecule has 98 valence electrons. The van der Waals surface area contributed by atoms with Crippen LogP contribution in [-0.4, -0.2) is 20.7 Å². The standard InChI is InChI=1S/C12H19NO2S.ClH/c1-10-7-11(2)9-12(8-10)16(14,15)6-4-3-5-13;/h7-9H,3-6,13H2,1-2H3;1H. The highest BCUT2D eigenvalue weighted by atomic mass is 35.5. The molecule has 0 heterocycles. The molecule has 0 spiro atoms. The highest BCUT2D eigenvalue weighted by Crippen LogP contribution is 2.16. The van der Waals surface area contributed by atoms with Gasteiger partial charge in [0.25, 0.3) is 0 Å². The van der Waals surface area contributed by atoms with E-state index in [0.717, 1.165) is 17.5 Å². The van der Waals surface area contributed by atoms with E-state index in [1.807, 2.05) is 19.9 Å². The fraction of sp³-hybridized carbons (Fsp3) is 0.500. The molecule has 17 heavy (non-hydrogen) atoms. The summed E-state index contributed by atoms with van der Waals surface area (Å²) in [5.74, 6) is 0.188. The number of hydrogen-bond acceptors (Lipinski definition) is 3. The summed E-state index contributed by atoms with van der Waals surface area (Å²) in [6.07, 6.45) is 1.38. The van der Waals surface area contributed by atoms with Crippen molar-refractivity contribution in [2.45, 2.75) is 31.6 Å². The Hall–Kier alpha value is -0.580. The van der Waals surface area contributed by atoms with Gasteiger partial charge < -0.3 is 5.73 Å². The van der Waals surface area contributed by atoms with Crippen molar-refractivity contribution in [1.82, 2.24) is 0 Å². The lowest BCUT2D eigenvalue weighted by molar-refractivity contribution is 0.591. The van der Waals surface area contributed by atoms with Crippen LogP contribution in [0.5, 0.6) is 0 Å². The van der Waals surface area contributed by atoms with Crippen LogP contribution in [0.3, 0.4) is 0 Å². The lowest BCUT2D eigenvalue weighted by Gasteiger charge is -2.06. The molecule has 1 aromatic carbocycles. The van der Waals surface area contributed by atoms with Crippen molar-refractivity contribution < 1.29 is 8.42 Å². The summed E-state index contributed by atoms with van der Waals surface area (Å²) >= 11 is 0. The van der Waals surface area contributed by atoms with Crippen molar-refractivity contribution >= 4 is 22.2 Å². The fourth-order valence-electron chi connectivity index (χ4n) is 1.67. The topological polar surface area (TPSA) is 60.2 Å². The van der Waals surface area contributed by atoms with E-state index in [1.165, 1.54) is 0 Å². The van der Waals surface area contributed by atoms with Crippen LogP contribution in [0.4, 0.5) is 0 Å². The molecule has 0 aromatic heterocycles. The normalized spacial score (nSPS) is 11.0. The molecule has 0 aliphatic heterocycles. The highest BCUT2D eigenvalue weighted by molar-refractivity contribution is 7.91. The first-order chi connectivity index (χ1) is 7.45. The molecule has 0 fully saturated rings. The minimum atomic E-state index is -3.13. The van der Waals surface area contributed by atoms with Gasteiger partial charge >= 0.3 is 0 Å². The predicted molar refractivity (Wildman–Crippen MR) is 73.5 cm³/mol. The maximum atomic E-state index is 12.0. The van der Waals surface area contributed by atoms with Crippen LogP contribution in [-0.2, 0) is 9.84 Å². The summed E-state index contributed by atoms with van der Waals surface area (Å²) in [6, 6.07) is 5.43. The molecule has 0 aliphatic rings. The molecule has 0 bridgehead atoms. The van der Waals surface area contributed by atoms with Crippen molar-refractivity contribution in [1.29, 1.82) is 0 Å². The lowest BCUT2D eigenvalue weighted by Crippen LogP contribution is -2.09. The van der Waals surface area contributed by atoms with Gasteiger partial charge in [-0.05, 0) is 56.5 Å². The molecule has 3 nitrogen and oxygen atoms in total. The largest absolute Gasteiger partial charge is 0.330 e. The van der Waals surface area contributed by atoms with E-state index in [0.29, 0.717) is 17.9 Å². The first-order valence-electron chi connectivity index (χ1n) is 5.47. The maximum absolute atomic E-state index is 12.0. The number of nitrogens with two attached hydrogens (primary N) is 1.